The Labute approximate surface area is 206 Å². The number of nitrogens with two attached hydrogens (primary N) is 2. The van der Waals surface area contributed by atoms with Gasteiger partial charge in [0.2, 0.25) is 0 Å². The molecule has 1 unspecified atom stereocenters. The van der Waals surface area contributed by atoms with E-state index in [4.69, 9.17) is 21.3 Å². The van der Waals surface area contributed by atoms with Gasteiger partial charge in [-0.25, -0.2) is 4.68 Å². The van der Waals surface area contributed by atoms with Gasteiger partial charge >= 0.3 is 0 Å². The molecule has 8 nitrogen and oxygen atoms in total. The number of carbonyl (C=O) groups excluding carboxylic acids is 2. The number of nitrogens with zero attached hydrogens (tertiary/aromatic N) is 3. The van der Waals surface area contributed by atoms with Crippen LogP contribution in [0, 0.1) is 23.2 Å². The van der Waals surface area contributed by atoms with Crippen molar-refractivity contribution in [2.45, 2.75) is 58.1 Å². The van der Waals surface area contributed by atoms with Crippen LogP contribution in [-0.2, 0) is 9.53 Å². The van der Waals surface area contributed by atoms with Crippen molar-refractivity contribution >= 4 is 17.6 Å². The standard InChI is InChI=1S/C27H33N5O3/c1-3-35-17(2)19-7-9-20(10-8-19)24-23(26(29)34)25(28)32(30-24)21-14-27(15-21)12-13-31(16-27)22(33)11-6-18-4-5-18/h7-10,17-18,21H,3-5,12-16,28H2,1-2H3,(H2,29,34). The molecule has 4 N–H and O–H groups in total. The van der Waals surface area contributed by atoms with Crippen molar-refractivity contribution in [1.82, 2.24) is 14.7 Å². The van der Waals surface area contributed by atoms with Crippen LogP contribution in [-0.4, -0.2) is 46.2 Å². The van der Waals surface area contributed by atoms with E-state index in [0.717, 1.165) is 56.3 Å². The van der Waals surface area contributed by atoms with Gasteiger partial charge < -0.3 is 21.1 Å². The Morgan fingerprint density at radius 1 is 1.26 bits per heavy atom. The average Bonchev–Trinajstić information content (AvgIpc) is 3.43. The summed E-state index contributed by atoms with van der Waals surface area (Å²) in [5.74, 6) is 5.97. The number of anilines is 1. The molecule has 2 heterocycles. The van der Waals surface area contributed by atoms with Crippen LogP contribution in [0.25, 0.3) is 11.3 Å². The van der Waals surface area contributed by atoms with E-state index >= 15 is 0 Å². The molecule has 1 saturated heterocycles. The molecule has 2 aliphatic carbocycles. The molecule has 35 heavy (non-hydrogen) atoms. The Morgan fingerprint density at radius 3 is 2.60 bits per heavy atom. The molecule has 1 atom stereocenters. The highest BCUT2D eigenvalue weighted by molar-refractivity contribution is 6.03. The summed E-state index contributed by atoms with van der Waals surface area (Å²) in [4.78, 5) is 26.6. The molecule has 184 valence electrons. The van der Waals surface area contributed by atoms with Gasteiger partial charge in [0.25, 0.3) is 11.8 Å². The zero-order chi connectivity index (χ0) is 24.7. The first kappa shape index (κ1) is 23.4. The molecule has 0 bridgehead atoms. The van der Waals surface area contributed by atoms with Crippen LogP contribution in [0.15, 0.2) is 24.3 Å². The Hall–Kier alpha value is -3.31. The molecule has 2 amide bonds. The van der Waals surface area contributed by atoms with E-state index in [0.29, 0.717) is 24.0 Å². The number of rotatable bonds is 6. The number of amides is 2. The molecule has 2 saturated carbocycles. The van der Waals surface area contributed by atoms with Crippen LogP contribution in [0.4, 0.5) is 5.82 Å². The van der Waals surface area contributed by atoms with E-state index in [1.54, 1.807) is 4.68 Å². The van der Waals surface area contributed by atoms with Gasteiger partial charge in [0, 0.05) is 31.2 Å². The molecule has 1 aromatic heterocycles. The summed E-state index contributed by atoms with van der Waals surface area (Å²) in [5, 5.41) is 4.76. The minimum Gasteiger partial charge on any atom is -0.383 e. The highest BCUT2D eigenvalue weighted by Crippen LogP contribution is 2.54. The fourth-order valence-electron chi connectivity index (χ4n) is 5.45. The summed E-state index contributed by atoms with van der Waals surface area (Å²) in [5.41, 5.74) is 14.8. The van der Waals surface area contributed by atoms with Gasteiger partial charge in [-0.3, -0.25) is 9.59 Å². The quantitative estimate of drug-likeness (QED) is 0.622. The molecule has 2 aromatic rings. The number of carbonyl (C=O) groups is 2. The van der Waals surface area contributed by atoms with E-state index < -0.39 is 5.91 Å². The molecular formula is C27H33N5O3. The maximum atomic E-state index is 12.4. The van der Waals surface area contributed by atoms with Gasteiger partial charge in [-0.2, -0.15) is 5.10 Å². The lowest BCUT2D eigenvalue weighted by atomic mass is 9.65. The Balaban J connectivity index is 1.31. The lowest BCUT2D eigenvalue weighted by molar-refractivity contribution is -0.125. The first-order valence-corrected chi connectivity index (χ1v) is 12.5. The largest absolute Gasteiger partial charge is 0.383 e. The fourth-order valence-corrected chi connectivity index (χ4v) is 5.45. The predicted molar refractivity (Wildman–Crippen MR) is 133 cm³/mol. The van der Waals surface area contributed by atoms with Crippen molar-refractivity contribution < 1.29 is 14.3 Å². The highest BCUT2D eigenvalue weighted by Gasteiger charge is 2.51. The molecular weight excluding hydrogens is 442 g/mol. The maximum absolute atomic E-state index is 12.4. The number of aromatic nitrogens is 2. The van der Waals surface area contributed by atoms with E-state index in [1.807, 2.05) is 43.0 Å². The number of benzene rings is 1. The zero-order valence-electron chi connectivity index (χ0n) is 20.4. The summed E-state index contributed by atoms with van der Waals surface area (Å²) >= 11 is 0. The molecule has 3 aliphatic rings. The van der Waals surface area contributed by atoms with Gasteiger partial charge in [0.05, 0.1) is 12.1 Å². The van der Waals surface area contributed by atoms with Gasteiger partial charge in [0.15, 0.2) is 0 Å². The molecule has 3 fully saturated rings. The van der Waals surface area contributed by atoms with Crippen molar-refractivity contribution in [3.8, 4) is 23.1 Å². The molecule has 8 heteroatoms. The molecule has 0 radical (unpaired) electrons. The summed E-state index contributed by atoms with van der Waals surface area (Å²) in [7, 11) is 0. The van der Waals surface area contributed by atoms with E-state index in [9.17, 15) is 9.59 Å². The molecule has 1 aliphatic heterocycles. The fraction of sp³-hybridized carbons (Fsp3) is 0.519. The number of likely N-dealkylation sites (tertiary alicyclic amines) is 1. The SMILES string of the molecule is CCOC(C)c1ccc(-c2nn(C3CC4(CCN(C(=O)C#CC5CC5)C4)C3)c(N)c2C(N)=O)cc1. The van der Waals surface area contributed by atoms with Gasteiger partial charge in [0.1, 0.15) is 17.1 Å². The second kappa shape index (κ2) is 9.04. The topological polar surface area (TPSA) is 116 Å². The first-order valence-electron chi connectivity index (χ1n) is 12.5. The number of hydrogen-bond acceptors (Lipinski definition) is 5. The van der Waals surface area contributed by atoms with Gasteiger partial charge in [-0.05, 0) is 62.9 Å². The first-order chi connectivity index (χ1) is 16.8. The van der Waals surface area contributed by atoms with Crippen LogP contribution in [0.5, 0.6) is 0 Å². The molecule has 1 spiro atoms. The number of hydrogen-bond donors (Lipinski definition) is 2. The summed E-state index contributed by atoms with van der Waals surface area (Å²) in [6.45, 7) is 6.07. The highest BCUT2D eigenvalue weighted by atomic mass is 16.5. The zero-order valence-corrected chi connectivity index (χ0v) is 20.4. The van der Waals surface area contributed by atoms with Crippen LogP contribution in [0.1, 0.15) is 74.0 Å². The monoisotopic (exact) mass is 475 g/mol. The van der Waals surface area contributed by atoms with Gasteiger partial charge in [-0.15, -0.1) is 0 Å². The smallest absolute Gasteiger partial charge is 0.298 e. The second-order valence-electron chi connectivity index (χ2n) is 10.2. The van der Waals surface area contributed by atoms with Gasteiger partial charge in [-0.1, -0.05) is 30.2 Å². The van der Waals surface area contributed by atoms with E-state index in [1.165, 1.54) is 0 Å². The Kier molecular flexibility index (Phi) is 6.06. The minimum absolute atomic E-state index is 0.0176. The Bertz CT molecular complexity index is 1200. The minimum atomic E-state index is -0.587. The normalized spacial score (nSPS) is 24.1. The van der Waals surface area contributed by atoms with Crippen LogP contribution >= 0.6 is 0 Å². The van der Waals surface area contributed by atoms with Crippen molar-refractivity contribution in [3.63, 3.8) is 0 Å². The lowest BCUT2D eigenvalue weighted by Crippen LogP contribution is -2.42. The molecule has 1 aromatic carbocycles. The van der Waals surface area contributed by atoms with Crippen LogP contribution < -0.4 is 11.5 Å². The number of ether oxygens (including phenoxy) is 1. The second-order valence-corrected chi connectivity index (χ2v) is 10.2. The third-order valence-electron chi connectivity index (χ3n) is 7.63. The average molecular weight is 476 g/mol. The third kappa shape index (κ3) is 4.53. The van der Waals surface area contributed by atoms with Crippen LogP contribution in [0.3, 0.4) is 0 Å². The summed E-state index contributed by atoms with van der Waals surface area (Å²) < 4.78 is 7.42. The van der Waals surface area contributed by atoms with Crippen molar-refractivity contribution in [1.29, 1.82) is 0 Å². The van der Waals surface area contributed by atoms with Crippen molar-refractivity contribution in [2.75, 3.05) is 25.4 Å². The Morgan fingerprint density at radius 2 is 1.97 bits per heavy atom. The third-order valence-corrected chi connectivity index (χ3v) is 7.63. The lowest BCUT2D eigenvalue weighted by Gasteiger charge is -2.45. The van der Waals surface area contributed by atoms with E-state index in [-0.39, 0.29) is 29.0 Å². The maximum Gasteiger partial charge on any atom is 0.298 e. The number of primary amides is 1. The van der Waals surface area contributed by atoms with Crippen LogP contribution in [0.2, 0.25) is 0 Å². The predicted octanol–water partition coefficient (Wildman–Crippen LogP) is 3.30. The molecule has 5 rings (SSSR count). The van der Waals surface area contributed by atoms with Crippen molar-refractivity contribution in [2.24, 2.45) is 17.1 Å². The summed E-state index contributed by atoms with van der Waals surface area (Å²) in [6.07, 6.45) is 4.89. The number of nitrogen functional groups attached to an aromatic ring is 1. The van der Waals surface area contributed by atoms with E-state index in [2.05, 4.69) is 11.8 Å². The summed E-state index contributed by atoms with van der Waals surface area (Å²) in [6, 6.07) is 7.88. The van der Waals surface area contributed by atoms with Crippen molar-refractivity contribution in [3.05, 3.63) is 35.4 Å².